The fourth-order valence-electron chi connectivity index (χ4n) is 1.80. The Bertz CT molecular complexity index is 104. The molecule has 0 saturated heterocycles. The third-order valence-electron chi connectivity index (χ3n) is 2.79. The summed E-state index contributed by atoms with van der Waals surface area (Å²) >= 11 is 0. The second-order valence-electron chi connectivity index (χ2n) is 3.32. The van der Waals surface area contributed by atoms with Crippen LogP contribution in [-0.2, 0) is 0 Å². The van der Waals surface area contributed by atoms with Crippen LogP contribution in [0.15, 0.2) is 0 Å². The zero-order chi connectivity index (χ0) is 7.61. The van der Waals surface area contributed by atoms with E-state index in [1.165, 1.54) is 19.3 Å². The highest BCUT2D eigenvalue weighted by Crippen LogP contribution is 2.48. The Morgan fingerprint density at radius 2 is 2.20 bits per heavy atom. The molecule has 0 spiro atoms. The normalized spacial score (nSPS) is 24.3. The Hall–Kier alpha value is -0.0800. The molecule has 1 unspecified atom stereocenters. The van der Waals surface area contributed by atoms with Gasteiger partial charge in [0.15, 0.2) is 0 Å². The Morgan fingerprint density at radius 1 is 1.60 bits per heavy atom. The van der Waals surface area contributed by atoms with E-state index in [0.717, 1.165) is 6.54 Å². The maximum absolute atomic E-state index is 5.68. The van der Waals surface area contributed by atoms with Crippen molar-refractivity contribution >= 4 is 0 Å². The number of rotatable bonds is 4. The lowest BCUT2D eigenvalue weighted by molar-refractivity contribution is 0.348. The van der Waals surface area contributed by atoms with Gasteiger partial charge in [-0.1, -0.05) is 6.92 Å². The maximum atomic E-state index is 5.68. The van der Waals surface area contributed by atoms with Gasteiger partial charge in [0.25, 0.3) is 0 Å². The fraction of sp³-hybridized carbons (Fsp3) is 1.00. The number of hydrogen-bond acceptors (Lipinski definition) is 2. The Morgan fingerprint density at radius 3 is 2.30 bits per heavy atom. The molecule has 0 heterocycles. The minimum absolute atomic E-state index is 0.476. The zero-order valence-corrected chi connectivity index (χ0v) is 6.98. The second kappa shape index (κ2) is 2.89. The summed E-state index contributed by atoms with van der Waals surface area (Å²) in [4.78, 5) is 0. The topological polar surface area (TPSA) is 38.0 Å². The van der Waals surface area contributed by atoms with E-state index in [0.29, 0.717) is 11.5 Å². The van der Waals surface area contributed by atoms with E-state index in [4.69, 9.17) is 5.73 Å². The van der Waals surface area contributed by atoms with Gasteiger partial charge in [-0.3, -0.25) is 0 Å². The van der Waals surface area contributed by atoms with Crippen LogP contribution in [0, 0.1) is 5.41 Å². The van der Waals surface area contributed by atoms with Gasteiger partial charge in [-0.05, 0) is 38.3 Å². The molecule has 1 fully saturated rings. The summed E-state index contributed by atoms with van der Waals surface area (Å²) in [6, 6.07) is 0.650. The van der Waals surface area contributed by atoms with Gasteiger partial charge in [-0.15, -0.1) is 0 Å². The molecular weight excluding hydrogens is 124 g/mol. The van der Waals surface area contributed by atoms with Crippen molar-refractivity contribution in [1.29, 1.82) is 0 Å². The third-order valence-corrected chi connectivity index (χ3v) is 2.79. The van der Waals surface area contributed by atoms with Crippen molar-refractivity contribution in [3.8, 4) is 0 Å². The molecule has 0 bridgehead atoms. The first kappa shape index (κ1) is 8.02. The standard InChI is InChI=1S/C8H18N2/c1-3-7(10-2)8(6-9)4-5-8/h7,10H,3-6,9H2,1-2H3. The van der Waals surface area contributed by atoms with Gasteiger partial charge in [0.05, 0.1) is 0 Å². The largest absolute Gasteiger partial charge is 0.330 e. The van der Waals surface area contributed by atoms with Crippen LogP contribution in [0.2, 0.25) is 0 Å². The van der Waals surface area contributed by atoms with Gasteiger partial charge in [0.1, 0.15) is 0 Å². The van der Waals surface area contributed by atoms with Crippen LogP contribution < -0.4 is 11.1 Å². The van der Waals surface area contributed by atoms with Crippen LogP contribution in [0.4, 0.5) is 0 Å². The van der Waals surface area contributed by atoms with E-state index < -0.39 is 0 Å². The molecule has 60 valence electrons. The van der Waals surface area contributed by atoms with Gasteiger partial charge in [0, 0.05) is 6.04 Å². The van der Waals surface area contributed by atoms with Gasteiger partial charge < -0.3 is 11.1 Å². The smallest absolute Gasteiger partial charge is 0.0130 e. The highest BCUT2D eigenvalue weighted by Gasteiger charge is 2.46. The minimum Gasteiger partial charge on any atom is -0.330 e. The van der Waals surface area contributed by atoms with Gasteiger partial charge in [-0.25, -0.2) is 0 Å². The Kier molecular flexibility index (Phi) is 2.32. The number of nitrogens with two attached hydrogens (primary N) is 1. The zero-order valence-electron chi connectivity index (χ0n) is 6.98. The summed E-state index contributed by atoms with van der Waals surface area (Å²) < 4.78 is 0. The summed E-state index contributed by atoms with van der Waals surface area (Å²) in [6.07, 6.45) is 3.85. The second-order valence-corrected chi connectivity index (χ2v) is 3.32. The summed E-state index contributed by atoms with van der Waals surface area (Å²) in [7, 11) is 2.03. The molecule has 10 heavy (non-hydrogen) atoms. The van der Waals surface area contributed by atoms with E-state index in [1.807, 2.05) is 7.05 Å². The summed E-state index contributed by atoms with van der Waals surface area (Å²) in [5.74, 6) is 0. The van der Waals surface area contributed by atoms with Crippen molar-refractivity contribution in [3.63, 3.8) is 0 Å². The predicted octanol–water partition coefficient (Wildman–Crippen LogP) is 0.723. The molecule has 1 aliphatic carbocycles. The first-order valence-electron chi connectivity index (χ1n) is 4.16. The van der Waals surface area contributed by atoms with Crippen molar-refractivity contribution < 1.29 is 0 Å². The molecule has 0 aromatic rings. The highest BCUT2D eigenvalue weighted by atomic mass is 14.9. The van der Waals surface area contributed by atoms with E-state index >= 15 is 0 Å². The van der Waals surface area contributed by atoms with Crippen molar-refractivity contribution in [2.24, 2.45) is 11.1 Å². The molecule has 3 N–H and O–H groups in total. The lowest BCUT2D eigenvalue weighted by Gasteiger charge is -2.23. The molecule has 1 atom stereocenters. The van der Waals surface area contributed by atoms with E-state index in [9.17, 15) is 0 Å². The molecule has 0 aromatic carbocycles. The van der Waals surface area contributed by atoms with Crippen LogP contribution in [0.1, 0.15) is 26.2 Å². The van der Waals surface area contributed by atoms with Crippen molar-refractivity contribution in [2.45, 2.75) is 32.2 Å². The SMILES string of the molecule is CCC(NC)C1(CN)CC1. The summed E-state index contributed by atoms with van der Waals surface area (Å²) in [5, 5.41) is 3.33. The lowest BCUT2D eigenvalue weighted by atomic mass is 9.95. The van der Waals surface area contributed by atoms with E-state index in [-0.39, 0.29) is 0 Å². The molecule has 1 rings (SSSR count). The van der Waals surface area contributed by atoms with Crippen molar-refractivity contribution in [3.05, 3.63) is 0 Å². The highest BCUT2D eigenvalue weighted by molar-refractivity contribution is 5.01. The molecule has 2 heteroatoms. The molecule has 0 amide bonds. The first-order valence-corrected chi connectivity index (χ1v) is 4.16. The summed E-state index contributed by atoms with van der Waals surface area (Å²) in [6.45, 7) is 3.07. The predicted molar refractivity (Wildman–Crippen MR) is 43.9 cm³/mol. The molecular formula is C8H18N2. The summed E-state index contributed by atoms with van der Waals surface area (Å²) in [5.41, 5.74) is 6.16. The van der Waals surface area contributed by atoms with Crippen LogP contribution in [0.25, 0.3) is 0 Å². The van der Waals surface area contributed by atoms with Gasteiger partial charge in [0.2, 0.25) is 0 Å². The molecule has 0 aromatic heterocycles. The average Bonchev–Trinajstić information content (AvgIpc) is 2.72. The maximum Gasteiger partial charge on any atom is 0.0130 e. The molecule has 1 saturated carbocycles. The number of nitrogens with one attached hydrogen (secondary N) is 1. The quantitative estimate of drug-likeness (QED) is 0.607. The molecule has 1 aliphatic rings. The van der Waals surface area contributed by atoms with Crippen LogP contribution in [0.3, 0.4) is 0 Å². The monoisotopic (exact) mass is 142 g/mol. The fourth-order valence-corrected chi connectivity index (χ4v) is 1.80. The number of hydrogen-bond donors (Lipinski definition) is 2. The van der Waals surface area contributed by atoms with E-state index in [2.05, 4.69) is 12.2 Å². The van der Waals surface area contributed by atoms with Crippen LogP contribution in [-0.4, -0.2) is 19.6 Å². The van der Waals surface area contributed by atoms with Gasteiger partial charge in [-0.2, -0.15) is 0 Å². The Balaban J connectivity index is 2.43. The lowest BCUT2D eigenvalue weighted by Crippen LogP contribution is -2.38. The molecule has 0 aliphatic heterocycles. The van der Waals surface area contributed by atoms with Gasteiger partial charge >= 0.3 is 0 Å². The Labute approximate surface area is 63.2 Å². The van der Waals surface area contributed by atoms with Crippen molar-refractivity contribution in [1.82, 2.24) is 5.32 Å². The van der Waals surface area contributed by atoms with Crippen molar-refractivity contribution in [2.75, 3.05) is 13.6 Å². The molecule has 2 nitrogen and oxygen atoms in total. The van der Waals surface area contributed by atoms with Crippen LogP contribution >= 0.6 is 0 Å². The average molecular weight is 142 g/mol. The van der Waals surface area contributed by atoms with Crippen LogP contribution in [0.5, 0.6) is 0 Å². The first-order chi connectivity index (χ1) is 4.79. The van der Waals surface area contributed by atoms with E-state index in [1.54, 1.807) is 0 Å². The minimum atomic E-state index is 0.476. The molecule has 0 radical (unpaired) electrons. The third kappa shape index (κ3) is 1.18.